The largest absolute Gasteiger partial charge is 0.475 e. The van der Waals surface area contributed by atoms with Crippen molar-refractivity contribution in [2.45, 2.75) is 29.7 Å². The van der Waals surface area contributed by atoms with Gasteiger partial charge in [0.1, 0.15) is 6.61 Å². The summed E-state index contributed by atoms with van der Waals surface area (Å²) in [5.74, 6) is 1.30. The first-order chi connectivity index (χ1) is 10.2. The molecule has 0 fully saturated rings. The first kappa shape index (κ1) is 14.2. The fourth-order valence-corrected chi connectivity index (χ4v) is 3.19. The van der Waals surface area contributed by atoms with Gasteiger partial charge in [-0.2, -0.15) is 0 Å². The summed E-state index contributed by atoms with van der Waals surface area (Å²) < 4.78 is 5.83. The fraction of sp³-hybridized carbons (Fsp3) is 0.278. The van der Waals surface area contributed by atoms with Crippen molar-refractivity contribution in [2.75, 3.05) is 6.61 Å². The second-order valence-corrected chi connectivity index (χ2v) is 6.58. The van der Waals surface area contributed by atoms with Gasteiger partial charge >= 0.3 is 0 Å². The highest BCUT2D eigenvalue weighted by Gasteiger charge is 2.24. The average molecular weight is 297 g/mol. The Labute approximate surface area is 130 Å². The van der Waals surface area contributed by atoms with E-state index in [0.717, 1.165) is 11.5 Å². The third kappa shape index (κ3) is 3.30. The molecule has 0 N–H and O–H groups in total. The molecule has 3 heteroatoms. The first-order valence-corrected chi connectivity index (χ1v) is 8.08. The number of benzene rings is 2. The van der Waals surface area contributed by atoms with Crippen molar-refractivity contribution >= 4 is 17.7 Å². The lowest BCUT2D eigenvalue weighted by atomic mass is 10.1. The van der Waals surface area contributed by atoms with E-state index in [-0.39, 0.29) is 6.04 Å². The van der Waals surface area contributed by atoms with Gasteiger partial charge in [0.15, 0.2) is 0 Å². The molecule has 0 bridgehead atoms. The highest BCUT2D eigenvalue weighted by molar-refractivity contribution is 7.99. The number of aliphatic imine (C=N–C) groups is 1. The lowest BCUT2D eigenvalue weighted by Crippen LogP contribution is -2.13. The van der Waals surface area contributed by atoms with Crippen LogP contribution < -0.4 is 0 Å². The molecule has 0 spiro atoms. The smallest absolute Gasteiger partial charge is 0.217 e. The molecule has 1 heterocycles. The van der Waals surface area contributed by atoms with Crippen LogP contribution in [0.3, 0.4) is 0 Å². The third-order valence-electron chi connectivity index (χ3n) is 3.53. The van der Waals surface area contributed by atoms with Crippen LogP contribution in [0, 0.1) is 5.92 Å². The number of rotatable bonds is 4. The van der Waals surface area contributed by atoms with Gasteiger partial charge in [-0.1, -0.05) is 55.9 Å². The Morgan fingerprint density at radius 2 is 1.76 bits per heavy atom. The fourth-order valence-electron chi connectivity index (χ4n) is 2.23. The van der Waals surface area contributed by atoms with Crippen molar-refractivity contribution in [1.29, 1.82) is 0 Å². The SMILES string of the molecule is CC(C)[C@@H]1COC(c2ccccc2Sc2ccccc2)=N1. The van der Waals surface area contributed by atoms with Crippen LogP contribution in [0.25, 0.3) is 0 Å². The maximum absolute atomic E-state index is 5.83. The van der Waals surface area contributed by atoms with E-state index < -0.39 is 0 Å². The van der Waals surface area contributed by atoms with Gasteiger partial charge in [0.2, 0.25) is 5.90 Å². The van der Waals surface area contributed by atoms with Crippen LogP contribution in [-0.4, -0.2) is 18.5 Å². The van der Waals surface area contributed by atoms with Crippen LogP contribution in [-0.2, 0) is 4.74 Å². The zero-order valence-corrected chi connectivity index (χ0v) is 13.1. The molecule has 2 aromatic rings. The molecule has 0 radical (unpaired) electrons. The van der Waals surface area contributed by atoms with Gasteiger partial charge in [-0.25, -0.2) is 4.99 Å². The molecule has 2 nitrogen and oxygen atoms in total. The number of nitrogens with zero attached hydrogens (tertiary/aromatic N) is 1. The molecule has 0 aromatic heterocycles. The maximum Gasteiger partial charge on any atom is 0.217 e. The van der Waals surface area contributed by atoms with Gasteiger partial charge in [0, 0.05) is 9.79 Å². The van der Waals surface area contributed by atoms with Crippen LogP contribution in [0.1, 0.15) is 19.4 Å². The molecule has 1 aliphatic rings. The summed E-state index contributed by atoms with van der Waals surface area (Å²) in [5, 5.41) is 0. The molecule has 0 saturated heterocycles. The highest BCUT2D eigenvalue weighted by Crippen LogP contribution is 2.32. The first-order valence-electron chi connectivity index (χ1n) is 7.27. The molecule has 2 aromatic carbocycles. The molecular weight excluding hydrogens is 278 g/mol. The van der Waals surface area contributed by atoms with E-state index in [1.807, 2.05) is 12.1 Å². The standard InChI is InChI=1S/C18H19NOS/c1-13(2)16-12-20-18(19-16)15-10-6-7-11-17(15)21-14-8-4-3-5-9-14/h3-11,13,16H,12H2,1-2H3/t16-/m0/s1. The number of hydrogen-bond acceptors (Lipinski definition) is 3. The van der Waals surface area contributed by atoms with Gasteiger partial charge in [-0.05, 0) is 30.2 Å². The van der Waals surface area contributed by atoms with Crippen molar-refractivity contribution in [3.63, 3.8) is 0 Å². The van der Waals surface area contributed by atoms with Crippen molar-refractivity contribution in [3.05, 3.63) is 60.2 Å². The Kier molecular flexibility index (Phi) is 4.30. The molecule has 0 unspecified atom stereocenters. The Morgan fingerprint density at radius 1 is 1.05 bits per heavy atom. The van der Waals surface area contributed by atoms with Crippen LogP contribution in [0.5, 0.6) is 0 Å². The molecular formula is C18H19NOS. The minimum absolute atomic E-state index is 0.273. The van der Waals surface area contributed by atoms with Gasteiger partial charge in [-0.3, -0.25) is 0 Å². The predicted octanol–water partition coefficient (Wildman–Crippen LogP) is 4.64. The molecule has 0 aliphatic carbocycles. The van der Waals surface area contributed by atoms with Crippen molar-refractivity contribution in [2.24, 2.45) is 10.9 Å². The predicted molar refractivity (Wildman–Crippen MR) is 88.1 cm³/mol. The Bertz CT molecular complexity index is 637. The Hall–Kier alpha value is -1.74. The summed E-state index contributed by atoms with van der Waals surface area (Å²) in [6.45, 7) is 5.06. The van der Waals surface area contributed by atoms with E-state index >= 15 is 0 Å². The molecule has 21 heavy (non-hydrogen) atoms. The molecule has 1 atom stereocenters. The summed E-state index contributed by atoms with van der Waals surface area (Å²) in [6.07, 6.45) is 0. The Balaban J connectivity index is 1.88. The summed E-state index contributed by atoms with van der Waals surface area (Å²) in [5.41, 5.74) is 1.09. The lowest BCUT2D eigenvalue weighted by Gasteiger charge is -2.08. The zero-order valence-electron chi connectivity index (χ0n) is 12.3. The van der Waals surface area contributed by atoms with Crippen LogP contribution in [0.15, 0.2) is 69.4 Å². The zero-order chi connectivity index (χ0) is 14.7. The summed E-state index contributed by atoms with van der Waals surface area (Å²) in [4.78, 5) is 7.15. The van der Waals surface area contributed by atoms with Gasteiger partial charge in [0.05, 0.1) is 11.6 Å². The van der Waals surface area contributed by atoms with E-state index in [0.29, 0.717) is 12.5 Å². The number of ether oxygens (including phenoxy) is 1. The molecule has 1 aliphatic heterocycles. The van der Waals surface area contributed by atoms with Gasteiger partial charge < -0.3 is 4.74 Å². The summed E-state index contributed by atoms with van der Waals surface area (Å²) in [6, 6.07) is 19.0. The average Bonchev–Trinajstić information content (AvgIpc) is 2.99. The Morgan fingerprint density at radius 3 is 2.48 bits per heavy atom. The molecule has 3 rings (SSSR count). The highest BCUT2D eigenvalue weighted by atomic mass is 32.2. The van der Waals surface area contributed by atoms with E-state index in [4.69, 9.17) is 9.73 Å². The van der Waals surface area contributed by atoms with Crippen molar-refractivity contribution in [1.82, 2.24) is 0 Å². The maximum atomic E-state index is 5.83. The lowest BCUT2D eigenvalue weighted by molar-refractivity contribution is 0.291. The molecule has 0 saturated carbocycles. The van der Waals surface area contributed by atoms with E-state index in [9.17, 15) is 0 Å². The minimum atomic E-state index is 0.273. The van der Waals surface area contributed by atoms with Crippen LogP contribution in [0.2, 0.25) is 0 Å². The second kappa shape index (κ2) is 6.35. The van der Waals surface area contributed by atoms with E-state index in [2.05, 4.69) is 56.3 Å². The summed E-state index contributed by atoms with van der Waals surface area (Å²) in [7, 11) is 0. The monoisotopic (exact) mass is 297 g/mol. The minimum Gasteiger partial charge on any atom is -0.475 e. The molecule has 0 amide bonds. The van der Waals surface area contributed by atoms with Crippen molar-refractivity contribution in [3.8, 4) is 0 Å². The van der Waals surface area contributed by atoms with E-state index in [1.54, 1.807) is 11.8 Å². The normalized spacial score (nSPS) is 17.7. The quantitative estimate of drug-likeness (QED) is 0.820. The van der Waals surface area contributed by atoms with Gasteiger partial charge in [0.25, 0.3) is 0 Å². The van der Waals surface area contributed by atoms with Crippen molar-refractivity contribution < 1.29 is 4.74 Å². The van der Waals surface area contributed by atoms with Gasteiger partial charge in [-0.15, -0.1) is 0 Å². The number of hydrogen-bond donors (Lipinski definition) is 0. The molecule has 108 valence electrons. The second-order valence-electron chi connectivity index (χ2n) is 5.47. The van der Waals surface area contributed by atoms with Crippen LogP contribution in [0.4, 0.5) is 0 Å². The third-order valence-corrected chi connectivity index (χ3v) is 4.62. The van der Waals surface area contributed by atoms with E-state index in [1.165, 1.54) is 9.79 Å². The van der Waals surface area contributed by atoms with Crippen LogP contribution >= 0.6 is 11.8 Å². The topological polar surface area (TPSA) is 21.6 Å². The summed E-state index contributed by atoms with van der Waals surface area (Å²) >= 11 is 1.75.